The maximum absolute atomic E-state index is 13.3. The van der Waals surface area contributed by atoms with Crippen LogP contribution in [0.4, 0.5) is 11.4 Å². The van der Waals surface area contributed by atoms with Crippen LogP contribution in [0.2, 0.25) is 0 Å². The van der Waals surface area contributed by atoms with Gasteiger partial charge in [0.15, 0.2) is 0 Å². The maximum atomic E-state index is 13.3. The molecule has 0 spiro atoms. The number of fused-ring (bicyclic) bond motifs is 1. The first kappa shape index (κ1) is 26.2. The second kappa shape index (κ2) is 11.6. The van der Waals surface area contributed by atoms with Crippen LogP contribution in [0.25, 0.3) is 0 Å². The number of ether oxygens (including phenoxy) is 2. The molecule has 3 aromatic carbocycles. The molecule has 2 fully saturated rings. The lowest BCUT2D eigenvalue weighted by atomic mass is 10.1. The van der Waals surface area contributed by atoms with E-state index in [9.17, 15) is 9.59 Å². The van der Waals surface area contributed by atoms with E-state index in [0.29, 0.717) is 31.8 Å². The minimum absolute atomic E-state index is 0.0263. The van der Waals surface area contributed by atoms with E-state index in [0.717, 1.165) is 60.8 Å². The molecular formula is C32H36N4O4. The summed E-state index contributed by atoms with van der Waals surface area (Å²) in [6.45, 7) is 6.73. The number of hydrogen-bond acceptors (Lipinski definition) is 6. The largest absolute Gasteiger partial charge is 0.492 e. The lowest BCUT2D eigenvalue weighted by Crippen LogP contribution is -2.48. The van der Waals surface area contributed by atoms with E-state index in [1.54, 1.807) is 0 Å². The summed E-state index contributed by atoms with van der Waals surface area (Å²) in [4.78, 5) is 32.6. The molecule has 0 bridgehead atoms. The van der Waals surface area contributed by atoms with Crippen LogP contribution in [-0.4, -0.2) is 73.7 Å². The molecule has 3 heterocycles. The van der Waals surface area contributed by atoms with Gasteiger partial charge in [-0.1, -0.05) is 30.3 Å². The van der Waals surface area contributed by atoms with Gasteiger partial charge in [-0.2, -0.15) is 0 Å². The summed E-state index contributed by atoms with van der Waals surface area (Å²) in [6, 6.07) is 23.4. The fourth-order valence-electron chi connectivity index (χ4n) is 5.92. The Morgan fingerprint density at radius 2 is 1.73 bits per heavy atom. The van der Waals surface area contributed by atoms with Crippen molar-refractivity contribution >= 4 is 23.2 Å². The molecular weight excluding hydrogens is 504 g/mol. The maximum Gasteiger partial charge on any atom is 0.256 e. The molecule has 2 amide bonds. The van der Waals surface area contributed by atoms with Gasteiger partial charge in [-0.05, 0) is 62.2 Å². The standard InChI is InChI=1S/C32H36N4O4/c1-2-39-29-12-6-5-11-28(29)34-17-19-35(20-18-34)31(37)23-13-15-24(16-14-23)33-30-26-9-3-4-10-27(26)32(38)36(30)22-25-8-7-21-40-25/h3-6,9-16,25,30,33H,2,7-8,17-22H2,1H3. The Balaban J connectivity index is 1.11. The number of nitrogens with zero attached hydrogens (tertiary/aromatic N) is 3. The predicted molar refractivity (Wildman–Crippen MR) is 155 cm³/mol. The van der Waals surface area contributed by atoms with E-state index >= 15 is 0 Å². The third kappa shape index (κ3) is 5.23. The average Bonchev–Trinajstić information content (AvgIpc) is 3.61. The molecule has 3 aliphatic rings. The molecule has 0 radical (unpaired) electrons. The molecule has 2 atom stereocenters. The highest BCUT2D eigenvalue weighted by Crippen LogP contribution is 2.35. The molecule has 0 aromatic heterocycles. The molecule has 208 valence electrons. The zero-order valence-electron chi connectivity index (χ0n) is 22.9. The van der Waals surface area contributed by atoms with E-state index in [1.807, 2.05) is 83.5 Å². The van der Waals surface area contributed by atoms with Gasteiger partial charge in [0.2, 0.25) is 0 Å². The van der Waals surface area contributed by atoms with Crippen LogP contribution >= 0.6 is 0 Å². The van der Waals surface area contributed by atoms with E-state index < -0.39 is 0 Å². The van der Waals surface area contributed by atoms with Gasteiger partial charge in [0.25, 0.3) is 11.8 Å². The SMILES string of the molecule is CCOc1ccccc1N1CCN(C(=O)c2ccc(NC3c4ccccc4C(=O)N3CC3CCCO3)cc2)CC1. The highest BCUT2D eigenvalue weighted by molar-refractivity contribution is 5.99. The molecule has 1 N–H and O–H groups in total. The Kier molecular flexibility index (Phi) is 7.60. The number of hydrogen-bond donors (Lipinski definition) is 1. The molecule has 8 nitrogen and oxygen atoms in total. The van der Waals surface area contributed by atoms with Crippen molar-refractivity contribution in [3.8, 4) is 5.75 Å². The van der Waals surface area contributed by atoms with Crippen LogP contribution in [0.5, 0.6) is 5.75 Å². The fraction of sp³-hybridized carbons (Fsp3) is 0.375. The first-order valence-electron chi connectivity index (χ1n) is 14.3. The topological polar surface area (TPSA) is 74.4 Å². The third-order valence-corrected chi connectivity index (χ3v) is 7.99. The van der Waals surface area contributed by atoms with Crippen molar-refractivity contribution in [2.45, 2.75) is 32.0 Å². The van der Waals surface area contributed by atoms with E-state index in [2.05, 4.69) is 16.3 Å². The van der Waals surface area contributed by atoms with Gasteiger partial charge in [-0.3, -0.25) is 9.59 Å². The fourth-order valence-corrected chi connectivity index (χ4v) is 5.92. The minimum Gasteiger partial charge on any atom is -0.492 e. The van der Waals surface area contributed by atoms with Crippen LogP contribution in [0.15, 0.2) is 72.8 Å². The van der Waals surface area contributed by atoms with Crippen LogP contribution < -0.4 is 15.0 Å². The first-order chi connectivity index (χ1) is 19.6. The Labute approximate surface area is 235 Å². The number of anilines is 2. The molecule has 3 aromatic rings. The van der Waals surface area contributed by atoms with Crippen molar-refractivity contribution in [2.75, 3.05) is 56.2 Å². The van der Waals surface area contributed by atoms with Gasteiger partial charge in [0.1, 0.15) is 11.9 Å². The number of nitrogens with one attached hydrogen (secondary N) is 1. The van der Waals surface area contributed by atoms with Gasteiger partial charge < -0.3 is 29.5 Å². The number of benzene rings is 3. The molecule has 0 aliphatic carbocycles. The summed E-state index contributed by atoms with van der Waals surface area (Å²) in [7, 11) is 0. The van der Waals surface area contributed by atoms with Crippen LogP contribution in [0.3, 0.4) is 0 Å². The molecule has 6 rings (SSSR count). The molecule has 2 saturated heterocycles. The lowest BCUT2D eigenvalue weighted by Gasteiger charge is -2.36. The van der Waals surface area contributed by atoms with Crippen molar-refractivity contribution in [1.82, 2.24) is 9.80 Å². The van der Waals surface area contributed by atoms with E-state index in [1.165, 1.54) is 0 Å². The minimum atomic E-state index is -0.276. The molecule has 2 unspecified atom stereocenters. The Bertz CT molecular complexity index is 1350. The zero-order valence-corrected chi connectivity index (χ0v) is 22.9. The normalized spacial score (nSPS) is 20.5. The second-order valence-corrected chi connectivity index (χ2v) is 10.5. The summed E-state index contributed by atoms with van der Waals surface area (Å²) >= 11 is 0. The summed E-state index contributed by atoms with van der Waals surface area (Å²) in [6.07, 6.45) is 1.79. The van der Waals surface area contributed by atoms with Crippen LogP contribution in [0, 0.1) is 0 Å². The average molecular weight is 541 g/mol. The lowest BCUT2D eigenvalue weighted by molar-refractivity contribution is 0.0489. The molecule has 0 saturated carbocycles. The summed E-state index contributed by atoms with van der Waals surface area (Å²) < 4.78 is 11.6. The molecule has 3 aliphatic heterocycles. The Morgan fingerprint density at radius 3 is 2.48 bits per heavy atom. The summed E-state index contributed by atoms with van der Waals surface area (Å²) in [5, 5.41) is 3.54. The smallest absolute Gasteiger partial charge is 0.256 e. The van der Waals surface area contributed by atoms with Crippen molar-refractivity contribution in [3.63, 3.8) is 0 Å². The summed E-state index contributed by atoms with van der Waals surface area (Å²) in [5.74, 6) is 0.942. The first-order valence-corrected chi connectivity index (χ1v) is 14.3. The third-order valence-electron chi connectivity index (χ3n) is 7.99. The van der Waals surface area contributed by atoms with Gasteiger partial charge in [-0.15, -0.1) is 0 Å². The van der Waals surface area contributed by atoms with Crippen LogP contribution in [-0.2, 0) is 4.74 Å². The Hall–Kier alpha value is -4.04. The molecule has 40 heavy (non-hydrogen) atoms. The number of para-hydroxylation sites is 2. The van der Waals surface area contributed by atoms with Gasteiger partial charge in [0.05, 0.1) is 18.4 Å². The zero-order chi connectivity index (χ0) is 27.5. The quantitative estimate of drug-likeness (QED) is 0.443. The van der Waals surface area contributed by atoms with E-state index in [-0.39, 0.29) is 24.1 Å². The van der Waals surface area contributed by atoms with Gasteiger partial charge in [-0.25, -0.2) is 0 Å². The van der Waals surface area contributed by atoms with Crippen molar-refractivity contribution in [2.24, 2.45) is 0 Å². The van der Waals surface area contributed by atoms with Crippen molar-refractivity contribution < 1.29 is 19.1 Å². The van der Waals surface area contributed by atoms with Gasteiger partial charge >= 0.3 is 0 Å². The number of rotatable bonds is 8. The van der Waals surface area contributed by atoms with Gasteiger partial charge in [0, 0.05) is 61.7 Å². The second-order valence-electron chi connectivity index (χ2n) is 10.5. The highest BCUT2D eigenvalue weighted by Gasteiger charge is 2.38. The number of carbonyl (C=O) groups excluding carboxylic acids is 2. The highest BCUT2D eigenvalue weighted by atomic mass is 16.5. The number of carbonyl (C=O) groups is 2. The summed E-state index contributed by atoms with van der Waals surface area (Å²) in [5.41, 5.74) is 4.29. The molecule has 8 heteroatoms. The number of amides is 2. The van der Waals surface area contributed by atoms with Crippen LogP contribution in [0.1, 0.15) is 52.2 Å². The van der Waals surface area contributed by atoms with E-state index in [4.69, 9.17) is 9.47 Å². The monoisotopic (exact) mass is 540 g/mol. The predicted octanol–water partition coefficient (Wildman–Crippen LogP) is 4.79. The Morgan fingerprint density at radius 1 is 0.975 bits per heavy atom. The number of piperazine rings is 1. The van der Waals surface area contributed by atoms with Crippen molar-refractivity contribution in [1.29, 1.82) is 0 Å². The van der Waals surface area contributed by atoms with Crippen molar-refractivity contribution in [3.05, 3.63) is 89.5 Å².